The van der Waals surface area contributed by atoms with Crippen LogP contribution in [-0.2, 0) is 4.79 Å². The maximum absolute atomic E-state index is 12.2. The Morgan fingerprint density at radius 1 is 1.48 bits per heavy atom. The molecule has 1 N–H and O–H groups in total. The lowest BCUT2D eigenvalue weighted by molar-refractivity contribution is -0.128. The Balaban J connectivity index is 2.01. The normalized spacial score (nSPS) is 17.8. The number of hydrogen-bond donors (Lipinski definition) is 1. The minimum atomic E-state index is -0.709. The van der Waals surface area contributed by atoms with Gasteiger partial charge in [-0.3, -0.25) is 4.79 Å². The van der Waals surface area contributed by atoms with Gasteiger partial charge in [0.1, 0.15) is 11.3 Å². The molecule has 1 fully saturated rings. The Morgan fingerprint density at radius 2 is 2.14 bits per heavy atom. The Labute approximate surface area is 133 Å². The van der Waals surface area contributed by atoms with Gasteiger partial charge in [-0.1, -0.05) is 6.07 Å². The van der Waals surface area contributed by atoms with E-state index < -0.39 is 11.6 Å². The molecule has 0 heterocycles. The first-order chi connectivity index (χ1) is 9.96. The van der Waals surface area contributed by atoms with Gasteiger partial charge in [0, 0.05) is 0 Å². The SMILES string of the molecule is Cc1ccc(OC(C)C(=O)NC2(C#N)CCCC2)c(Br)c1. The lowest BCUT2D eigenvalue weighted by atomic mass is 9.99. The molecule has 5 heteroatoms. The number of nitrogens with zero attached hydrogens (tertiary/aromatic N) is 1. The molecule has 1 amide bonds. The van der Waals surface area contributed by atoms with E-state index in [-0.39, 0.29) is 5.91 Å². The van der Waals surface area contributed by atoms with Crippen molar-refractivity contribution in [2.75, 3.05) is 0 Å². The molecular weight excluding hydrogens is 332 g/mol. The second-order valence-electron chi connectivity index (χ2n) is 5.58. The summed E-state index contributed by atoms with van der Waals surface area (Å²) in [6.07, 6.45) is 2.75. The van der Waals surface area contributed by atoms with Crippen molar-refractivity contribution in [1.82, 2.24) is 5.32 Å². The van der Waals surface area contributed by atoms with Crippen LogP contribution < -0.4 is 10.1 Å². The number of ether oxygens (including phenoxy) is 1. The number of hydrogen-bond acceptors (Lipinski definition) is 3. The molecule has 2 rings (SSSR count). The first kappa shape index (κ1) is 15.8. The van der Waals surface area contributed by atoms with E-state index in [2.05, 4.69) is 27.3 Å². The summed E-state index contributed by atoms with van der Waals surface area (Å²) in [7, 11) is 0. The van der Waals surface area contributed by atoms with E-state index in [9.17, 15) is 10.1 Å². The molecule has 21 heavy (non-hydrogen) atoms. The Hall–Kier alpha value is -1.54. The van der Waals surface area contributed by atoms with Crippen molar-refractivity contribution in [3.05, 3.63) is 28.2 Å². The average molecular weight is 351 g/mol. The van der Waals surface area contributed by atoms with E-state index in [1.165, 1.54) is 0 Å². The molecule has 0 saturated heterocycles. The van der Waals surface area contributed by atoms with Crippen LogP contribution in [0.4, 0.5) is 0 Å². The van der Waals surface area contributed by atoms with Crippen LogP contribution in [0.2, 0.25) is 0 Å². The molecule has 1 aliphatic rings. The fourth-order valence-electron chi connectivity index (χ4n) is 2.53. The van der Waals surface area contributed by atoms with Gasteiger partial charge in [0.15, 0.2) is 6.10 Å². The number of nitriles is 1. The number of rotatable bonds is 4. The van der Waals surface area contributed by atoms with Crippen molar-refractivity contribution in [1.29, 1.82) is 5.26 Å². The van der Waals surface area contributed by atoms with Gasteiger partial charge < -0.3 is 10.1 Å². The zero-order valence-electron chi connectivity index (χ0n) is 12.3. The quantitative estimate of drug-likeness (QED) is 0.903. The highest BCUT2D eigenvalue weighted by molar-refractivity contribution is 9.10. The van der Waals surface area contributed by atoms with Crippen molar-refractivity contribution in [2.24, 2.45) is 0 Å². The summed E-state index contributed by atoms with van der Waals surface area (Å²) in [5.41, 5.74) is 0.403. The molecule has 1 aromatic rings. The molecule has 1 unspecified atom stereocenters. The van der Waals surface area contributed by atoms with Gasteiger partial charge in [-0.05, 0) is 73.2 Å². The predicted octanol–water partition coefficient (Wildman–Crippen LogP) is 3.48. The third kappa shape index (κ3) is 3.76. The van der Waals surface area contributed by atoms with E-state index in [0.29, 0.717) is 5.75 Å². The van der Waals surface area contributed by atoms with E-state index in [4.69, 9.17) is 4.74 Å². The van der Waals surface area contributed by atoms with Crippen LogP contribution >= 0.6 is 15.9 Å². The van der Waals surface area contributed by atoms with Crippen LogP contribution in [0.25, 0.3) is 0 Å². The van der Waals surface area contributed by atoms with Gasteiger partial charge >= 0.3 is 0 Å². The Morgan fingerprint density at radius 3 is 2.71 bits per heavy atom. The number of nitrogens with one attached hydrogen (secondary N) is 1. The van der Waals surface area contributed by atoms with Gasteiger partial charge in [-0.2, -0.15) is 5.26 Å². The van der Waals surface area contributed by atoms with Crippen molar-refractivity contribution in [3.8, 4) is 11.8 Å². The summed E-state index contributed by atoms with van der Waals surface area (Å²) < 4.78 is 6.51. The van der Waals surface area contributed by atoms with E-state index in [1.54, 1.807) is 6.92 Å². The lowest BCUT2D eigenvalue weighted by Crippen LogP contribution is -2.49. The van der Waals surface area contributed by atoms with Gasteiger partial charge in [0.05, 0.1) is 10.5 Å². The minimum Gasteiger partial charge on any atom is -0.480 e. The molecule has 1 aliphatic carbocycles. The van der Waals surface area contributed by atoms with Crippen molar-refractivity contribution < 1.29 is 9.53 Å². The average Bonchev–Trinajstić information content (AvgIpc) is 2.91. The summed E-state index contributed by atoms with van der Waals surface area (Å²) in [6.45, 7) is 3.68. The highest BCUT2D eigenvalue weighted by atomic mass is 79.9. The molecule has 0 aromatic heterocycles. The van der Waals surface area contributed by atoms with E-state index >= 15 is 0 Å². The van der Waals surface area contributed by atoms with Gasteiger partial charge in [0.25, 0.3) is 5.91 Å². The van der Waals surface area contributed by atoms with E-state index in [0.717, 1.165) is 35.7 Å². The van der Waals surface area contributed by atoms with Crippen LogP contribution in [0, 0.1) is 18.3 Å². The summed E-state index contributed by atoms with van der Waals surface area (Å²) in [4.78, 5) is 12.2. The molecule has 0 bridgehead atoms. The fourth-order valence-corrected chi connectivity index (χ4v) is 3.11. The topological polar surface area (TPSA) is 62.1 Å². The van der Waals surface area contributed by atoms with E-state index in [1.807, 2.05) is 25.1 Å². The standard InChI is InChI=1S/C16H19BrN2O2/c1-11-5-6-14(13(17)9-11)21-12(2)15(20)19-16(10-18)7-3-4-8-16/h5-6,9,12H,3-4,7-8H2,1-2H3,(H,19,20). The highest BCUT2D eigenvalue weighted by Gasteiger charge is 2.36. The maximum atomic E-state index is 12.2. The molecule has 0 radical (unpaired) electrons. The Kier molecular flexibility index (Phi) is 4.89. The first-order valence-electron chi connectivity index (χ1n) is 7.12. The fraction of sp³-hybridized carbons (Fsp3) is 0.500. The number of amides is 1. The third-order valence-corrected chi connectivity index (χ3v) is 4.41. The van der Waals surface area contributed by atoms with Crippen LogP contribution in [0.15, 0.2) is 22.7 Å². The zero-order chi connectivity index (χ0) is 15.5. The lowest BCUT2D eigenvalue weighted by Gasteiger charge is -2.24. The van der Waals surface area contributed by atoms with Crippen molar-refractivity contribution in [3.63, 3.8) is 0 Å². The van der Waals surface area contributed by atoms with Crippen LogP contribution in [0.5, 0.6) is 5.75 Å². The number of aryl methyl sites for hydroxylation is 1. The number of carbonyl (C=O) groups excluding carboxylic acids is 1. The summed E-state index contributed by atoms with van der Waals surface area (Å²) >= 11 is 3.43. The smallest absolute Gasteiger partial charge is 0.262 e. The van der Waals surface area contributed by atoms with Crippen LogP contribution in [-0.4, -0.2) is 17.6 Å². The number of carbonyl (C=O) groups is 1. The summed E-state index contributed by atoms with van der Waals surface area (Å²) in [6, 6.07) is 7.95. The predicted molar refractivity (Wildman–Crippen MR) is 83.9 cm³/mol. The summed E-state index contributed by atoms with van der Waals surface area (Å²) in [5.74, 6) is 0.381. The highest BCUT2D eigenvalue weighted by Crippen LogP contribution is 2.30. The second-order valence-corrected chi connectivity index (χ2v) is 6.44. The van der Waals surface area contributed by atoms with Gasteiger partial charge in [-0.25, -0.2) is 0 Å². The third-order valence-electron chi connectivity index (χ3n) is 3.79. The van der Waals surface area contributed by atoms with Crippen molar-refractivity contribution >= 4 is 21.8 Å². The molecule has 4 nitrogen and oxygen atoms in total. The largest absolute Gasteiger partial charge is 0.480 e. The monoisotopic (exact) mass is 350 g/mol. The molecular formula is C16H19BrN2O2. The second kappa shape index (κ2) is 6.48. The van der Waals surface area contributed by atoms with Crippen LogP contribution in [0.1, 0.15) is 38.2 Å². The molecule has 0 spiro atoms. The van der Waals surface area contributed by atoms with Crippen LogP contribution in [0.3, 0.4) is 0 Å². The molecule has 112 valence electrons. The summed E-state index contributed by atoms with van der Waals surface area (Å²) in [5, 5.41) is 12.2. The minimum absolute atomic E-state index is 0.245. The number of benzene rings is 1. The Bertz CT molecular complexity index is 574. The zero-order valence-corrected chi connectivity index (χ0v) is 13.9. The molecule has 1 aromatic carbocycles. The molecule has 1 saturated carbocycles. The van der Waals surface area contributed by atoms with Gasteiger partial charge in [0.2, 0.25) is 0 Å². The molecule has 0 aliphatic heterocycles. The first-order valence-corrected chi connectivity index (χ1v) is 7.91. The van der Waals surface area contributed by atoms with Crippen molar-refractivity contribution in [2.45, 2.75) is 51.2 Å². The van der Waals surface area contributed by atoms with Gasteiger partial charge in [-0.15, -0.1) is 0 Å². The maximum Gasteiger partial charge on any atom is 0.262 e. The molecule has 1 atom stereocenters. The number of halogens is 1.